The second kappa shape index (κ2) is 8.05. The van der Waals surface area contributed by atoms with Crippen molar-refractivity contribution in [2.75, 3.05) is 10.2 Å². The van der Waals surface area contributed by atoms with Crippen LogP contribution in [-0.2, 0) is 11.2 Å². The van der Waals surface area contributed by atoms with E-state index >= 15 is 0 Å². The monoisotopic (exact) mass is 444 g/mol. The van der Waals surface area contributed by atoms with Crippen LogP contribution in [0.2, 0.25) is 0 Å². The molecule has 160 valence electrons. The summed E-state index contributed by atoms with van der Waals surface area (Å²) in [6.45, 7) is 1.99. The predicted molar refractivity (Wildman–Crippen MR) is 124 cm³/mol. The van der Waals surface area contributed by atoms with Crippen LogP contribution in [0, 0.1) is 0 Å². The number of aromatic carboxylic acids is 1. The first-order valence-corrected chi connectivity index (χ1v) is 11.1. The summed E-state index contributed by atoms with van der Waals surface area (Å²) in [5.41, 5.74) is 3.09. The number of para-hydroxylation sites is 1. The number of rotatable bonds is 4. The van der Waals surface area contributed by atoms with Gasteiger partial charge in [0.2, 0.25) is 0 Å². The molecule has 3 heterocycles. The van der Waals surface area contributed by atoms with E-state index in [1.165, 1.54) is 17.5 Å². The predicted octanol–water partition coefficient (Wildman–Crippen LogP) is 4.52. The Morgan fingerprint density at radius 2 is 1.88 bits per heavy atom. The lowest BCUT2D eigenvalue weighted by Gasteiger charge is -2.42. The Hall–Kier alpha value is -3.78. The topological polar surface area (TPSA) is 95.4 Å². The molecule has 0 aliphatic carbocycles. The van der Waals surface area contributed by atoms with E-state index in [0.29, 0.717) is 17.2 Å². The number of pyridine rings is 1. The molecule has 2 atom stereocenters. The first-order chi connectivity index (χ1) is 15.5. The zero-order valence-electron chi connectivity index (χ0n) is 17.2. The summed E-state index contributed by atoms with van der Waals surface area (Å²) in [6.07, 6.45) is 2.14. The average molecular weight is 445 g/mol. The smallest absolute Gasteiger partial charge is 0.356 e. The number of carboxylic acids is 1. The van der Waals surface area contributed by atoms with Crippen LogP contribution < -0.4 is 10.2 Å². The van der Waals surface area contributed by atoms with Gasteiger partial charge in [0, 0.05) is 12.2 Å². The van der Waals surface area contributed by atoms with Gasteiger partial charge in [0.25, 0.3) is 5.91 Å². The van der Waals surface area contributed by atoms with Gasteiger partial charge in [-0.15, -0.1) is 0 Å². The van der Waals surface area contributed by atoms with Gasteiger partial charge >= 0.3 is 5.97 Å². The maximum absolute atomic E-state index is 13.7. The van der Waals surface area contributed by atoms with Crippen LogP contribution in [0.3, 0.4) is 0 Å². The fourth-order valence-electron chi connectivity index (χ4n) is 4.32. The number of nitrogens with one attached hydrogen (secondary N) is 1. The molecule has 0 radical (unpaired) electrons. The second-order valence-electron chi connectivity index (χ2n) is 7.71. The van der Waals surface area contributed by atoms with E-state index in [1.807, 2.05) is 60.4 Å². The normalized spacial score (nSPS) is 17.7. The Balaban J connectivity index is 1.59. The number of carbonyl (C=O) groups excluding carboxylic acids is 1. The molecule has 0 saturated heterocycles. The lowest BCUT2D eigenvalue weighted by atomic mass is 9.87. The summed E-state index contributed by atoms with van der Waals surface area (Å²) in [6, 6.07) is 18.1. The number of hydrogen-bond donors (Lipinski definition) is 2. The second-order valence-corrected chi connectivity index (χ2v) is 8.74. The number of amides is 1. The number of aromatic nitrogens is 2. The number of carbonyl (C=O) groups is 2. The maximum Gasteiger partial charge on any atom is 0.356 e. The zero-order chi connectivity index (χ0) is 22.2. The highest BCUT2D eigenvalue weighted by Crippen LogP contribution is 2.39. The molecule has 0 spiro atoms. The van der Waals surface area contributed by atoms with Gasteiger partial charge in [-0.25, -0.2) is 14.8 Å². The molecule has 4 aromatic rings. The Labute approximate surface area is 188 Å². The number of nitrogens with zero attached hydrogens (tertiary/aromatic N) is 3. The molecule has 2 aromatic heterocycles. The molecule has 8 heteroatoms. The van der Waals surface area contributed by atoms with Crippen molar-refractivity contribution >= 4 is 44.2 Å². The molecule has 7 nitrogen and oxygen atoms in total. The summed E-state index contributed by atoms with van der Waals surface area (Å²) in [5, 5.41) is 13.2. The molecule has 32 heavy (non-hydrogen) atoms. The third kappa shape index (κ3) is 3.48. The molecule has 0 bridgehead atoms. The van der Waals surface area contributed by atoms with Crippen molar-refractivity contribution in [3.05, 3.63) is 83.7 Å². The molecule has 1 aliphatic rings. The third-order valence-corrected chi connectivity index (χ3v) is 6.61. The molecule has 0 fully saturated rings. The van der Waals surface area contributed by atoms with Crippen molar-refractivity contribution in [3.63, 3.8) is 0 Å². The number of hydrogen-bond acceptors (Lipinski definition) is 6. The lowest BCUT2D eigenvalue weighted by Crippen LogP contribution is -2.47. The van der Waals surface area contributed by atoms with Crippen molar-refractivity contribution < 1.29 is 14.7 Å². The third-order valence-electron chi connectivity index (χ3n) is 5.66. The Bertz CT molecular complexity index is 1300. The van der Waals surface area contributed by atoms with E-state index in [4.69, 9.17) is 0 Å². The molecular weight excluding hydrogens is 424 g/mol. The molecular formula is C24H20N4O3S. The van der Waals surface area contributed by atoms with Crippen molar-refractivity contribution in [3.8, 4) is 0 Å². The Morgan fingerprint density at radius 1 is 1.09 bits per heavy atom. The molecule has 1 amide bonds. The zero-order valence-corrected chi connectivity index (χ0v) is 18.0. The van der Waals surface area contributed by atoms with E-state index in [-0.39, 0.29) is 17.6 Å². The van der Waals surface area contributed by atoms with Crippen molar-refractivity contribution in [2.45, 2.75) is 25.4 Å². The molecule has 2 N–H and O–H groups in total. The molecule has 0 saturated carbocycles. The highest BCUT2D eigenvalue weighted by atomic mass is 32.1. The minimum absolute atomic E-state index is 0.0727. The number of benzene rings is 2. The Morgan fingerprint density at radius 3 is 2.69 bits per heavy atom. The van der Waals surface area contributed by atoms with E-state index in [1.54, 1.807) is 12.1 Å². The van der Waals surface area contributed by atoms with Crippen LogP contribution in [0.1, 0.15) is 34.6 Å². The van der Waals surface area contributed by atoms with Gasteiger partial charge in [-0.2, -0.15) is 0 Å². The summed E-state index contributed by atoms with van der Waals surface area (Å²) in [5.74, 6) is -1.39. The van der Waals surface area contributed by atoms with Crippen LogP contribution in [-0.4, -0.2) is 33.0 Å². The SMILES string of the molecule is CC1Cc2ccccc2C(C(=O)Nc2nc3ccccc3s2)N1c1cccnc1C(=O)O. The van der Waals surface area contributed by atoms with Crippen molar-refractivity contribution in [1.82, 2.24) is 9.97 Å². The van der Waals surface area contributed by atoms with Crippen LogP contribution in [0.15, 0.2) is 66.9 Å². The van der Waals surface area contributed by atoms with Crippen LogP contribution >= 0.6 is 11.3 Å². The van der Waals surface area contributed by atoms with Crippen LogP contribution in [0.4, 0.5) is 10.8 Å². The number of anilines is 2. The van der Waals surface area contributed by atoms with Gasteiger partial charge in [0.05, 0.1) is 15.9 Å². The molecule has 2 aromatic carbocycles. The van der Waals surface area contributed by atoms with Gasteiger partial charge in [-0.05, 0) is 48.7 Å². The quantitative estimate of drug-likeness (QED) is 0.481. The maximum atomic E-state index is 13.7. The lowest BCUT2D eigenvalue weighted by molar-refractivity contribution is -0.117. The van der Waals surface area contributed by atoms with Gasteiger partial charge < -0.3 is 10.0 Å². The van der Waals surface area contributed by atoms with Crippen LogP contribution in [0.5, 0.6) is 0 Å². The number of thiazole rings is 1. The summed E-state index contributed by atoms with van der Waals surface area (Å²) in [4.78, 5) is 36.0. The average Bonchev–Trinajstić information content (AvgIpc) is 3.20. The summed E-state index contributed by atoms with van der Waals surface area (Å²) >= 11 is 1.41. The summed E-state index contributed by atoms with van der Waals surface area (Å²) in [7, 11) is 0. The van der Waals surface area contributed by atoms with E-state index in [0.717, 1.165) is 21.3 Å². The molecule has 1 aliphatic heterocycles. The van der Waals surface area contributed by atoms with Gasteiger partial charge in [0.15, 0.2) is 10.8 Å². The summed E-state index contributed by atoms with van der Waals surface area (Å²) < 4.78 is 0.984. The first-order valence-electron chi connectivity index (χ1n) is 10.2. The van der Waals surface area contributed by atoms with Gasteiger partial charge in [-0.1, -0.05) is 47.7 Å². The molecule has 5 rings (SSSR count). The highest BCUT2D eigenvalue weighted by molar-refractivity contribution is 7.22. The fourth-order valence-corrected chi connectivity index (χ4v) is 5.19. The highest BCUT2D eigenvalue weighted by Gasteiger charge is 2.39. The minimum atomic E-state index is -1.13. The Kier molecular flexibility index (Phi) is 5.07. The molecule has 2 unspecified atom stereocenters. The number of fused-ring (bicyclic) bond motifs is 2. The van der Waals surface area contributed by atoms with E-state index in [2.05, 4.69) is 15.3 Å². The standard InChI is InChI=1S/C24H20N4O3S/c1-14-13-15-7-2-3-8-16(15)21(28(14)18-10-6-12-25-20(18)23(30)31)22(29)27-24-26-17-9-4-5-11-19(17)32-24/h2-12,14,21H,13H2,1H3,(H,30,31)(H,26,27,29). The van der Waals surface area contributed by atoms with Crippen LogP contribution in [0.25, 0.3) is 10.2 Å². The minimum Gasteiger partial charge on any atom is -0.476 e. The van der Waals surface area contributed by atoms with E-state index in [9.17, 15) is 14.7 Å². The van der Waals surface area contributed by atoms with Crippen molar-refractivity contribution in [2.24, 2.45) is 0 Å². The van der Waals surface area contributed by atoms with Gasteiger partial charge in [0.1, 0.15) is 6.04 Å². The van der Waals surface area contributed by atoms with Crippen molar-refractivity contribution in [1.29, 1.82) is 0 Å². The number of carboxylic acid groups (broad SMARTS) is 1. The first kappa shape index (κ1) is 20.1. The fraction of sp³-hybridized carbons (Fsp3) is 0.167. The van der Waals surface area contributed by atoms with Gasteiger partial charge in [-0.3, -0.25) is 10.1 Å². The largest absolute Gasteiger partial charge is 0.476 e. The van der Waals surface area contributed by atoms with E-state index < -0.39 is 12.0 Å².